The van der Waals surface area contributed by atoms with Crippen molar-refractivity contribution in [2.45, 2.75) is 69.5 Å². The van der Waals surface area contributed by atoms with Crippen LogP contribution in [0.3, 0.4) is 0 Å². The summed E-state index contributed by atoms with van der Waals surface area (Å²) < 4.78 is 60.6. The van der Waals surface area contributed by atoms with Gasteiger partial charge in [0.15, 0.2) is 0 Å². The third kappa shape index (κ3) is 6.26. The number of alkyl halides is 2. The Balaban J connectivity index is 1.92. The smallest absolute Gasteiger partial charge is 0.387 e. The second kappa shape index (κ2) is 9.72. The van der Waals surface area contributed by atoms with Crippen LogP contribution in [0.5, 0.6) is 5.75 Å². The number of amides is 2. The van der Waals surface area contributed by atoms with E-state index < -0.39 is 34.7 Å². The normalized spacial score (nSPS) is 15.2. The van der Waals surface area contributed by atoms with Crippen LogP contribution < -0.4 is 10.1 Å². The van der Waals surface area contributed by atoms with Crippen molar-refractivity contribution in [2.24, 2.45) is 4.36 Å². The molecule has 1 saturated carbocycles. The number of nitrogens with one attached hydrogen (secondary N) is 1. The van der Waals surface area contributed by atoms with Crippen molar-refractivity contribution in [3.63, 3.8) is 0 Å². The van der Waals surface area contributed by atoms with Gasteiger partial charge in [0.05, 0.1) is 5.60 Å². The number of aliphatic hydroxyl groups is 1. The molecule has 0 saturated heterocycles. The second-order valence-corrected chi connectivity index (χ2v) is 9.88. The molecule has 10 heteroatoms. The van der Waals surface area contributed by atoms with Crippen LogP contribution in [0.2, 0.25) is 0 Å². The van der Waals surface area contributed by atoms with E-state index in [9.17, 15) is 27.3 Å². The average Bonchev–Trinajstić information content (AvgIpc) is 3.52. The standard InChI is InChI=1S/C23H26F3N2O4S/c1-12(2)16-10-15(32-21(25)26)11-17(13-5-6-13)20(16)27-22(29)28-33(31)19-8-7-14(9-18(19)24)23(3,4)30/h7-13,21,30H,5-6H2,1-4H3,(H,27,29)/q-1. The molecule has 2 aromatic carbocycles. The van der Waals surface area contributed by atoms with Crippen molar-refractivity contribution < 1.29 is 32.0 Å². The zero-order chi connectivity index (χ0) is 24.5. The molecule has 33 heavy (non-hydrogen) atoms. The average molecular weight is 484 g/mol. The molecule has 0 atom stereocenters. The zero-order valence-electron chi connectivity index (χ0n) is 18.7. The Hall–Kier alpha value is -2.59. The van der Waals surface area contributed by atoms with Crippen LogP contribution in [0.15, 0.2) is 39.6 Å². The van der Waals surface area contributed by atoms with Crippen LogP contribution in [0.1, 0.15) is 69.1 Å². The summed E-state index contributed by atoms with van der Waals surface area (Å²) in [6.45, 7) is 3.66. The number of anilines is 1. The van der Waals surface area contributed by atoms with Crippen LogP contribution in [0.4, 0.5) is 23.7 Å². The van der Waals surface area contributed by atoms with E-state index in [-0.39, 0.29) is 28.0 Å². The van der Waals surface area contributed by atoms with Gasteiger partial charge in [0.2, 0.25) is 0 Å². The highest BCUT2D eigenvalue weighted by molar-refractivity contribution is 7.75. The number of hydrogen-bond donors (Lipinski definition) is 2. The molecule has 0 aromatic heterocycles. The van der Waals surface area contributed by atoms with Gasteiger partial charge in [-0.3, -0.25) is 0 Å². The largest absolute Gasteiger partial charge is 0.439 e. The molecule has 3 rings (SSSR count). The molecule has 2 aromatic rings. The van der Waals surface area contributed by atoms with Gasteiger partial charge in [-0.15, -0.1) is 10.6 Å². The van der Waals surface area contributed by atoms with E-state index >= 15 is 0 Å². The molecule has 0 heterocycles. The minimum Gasteiger partial charge on any atom is -0.439 e. The van der Waals surface area contributed by atoms with Gasteiger partial charge in [-0.2, -0.15) is 8.78 Å². The summed E-state index contributed by atoms with van der Waals surface area (Å²) in [4.78, 5) is 12.3. The summed E-state index contributed by atoms with van der Waals surface area (Å²) in [6, 6.07) is 5.62. The summed E-state index contributed by atoms with van der Waals surface area (Å²) in [7, 11) is -2.33. The molecule has 1 fully saturated rings. The van der Waals surface area contributed by atoms with Crippen molar-refractivity contribution in [1.29, 1.82) is 0 Å². The van der Waals surface area contributed by atoms with Crippen LogP contribution in [-0.2, 0) is 20.4 Å². The summed E-state index contributed by atoms with van der Waals surface area (Å²) in [5, 5.41) is 12.6. The molecule has 1 aliphatic rings. The highest BCUT2D eigenvalue weighted by Gasteiger charge is 2.29. The Kier molecular flexibility index (Phi) is 7.38. The first-order chi connectivity index (χ1) is 15.4. The number of rotatable bonds is 7. The fraction of sp³-hybridized carbons (Fsp3) is 0.435. The maximum Gasteiger partial charge on any atom is 0.387 e. The van der Waals surface area contributed by atoms with Gasteiger partial charge in [0.1, 0.15) is 11.6 Å². The molecular weight excluding hydrogens is 457 g/mol. The maximum absolute atomic E-state index is 14.4. The first-order valence-corrected chi connectivity index (χ1v) is 11.6. The summed E-state index contributed by atoms with van der Waals surface area (Å²) in [6.07, 6.45) is 1.67. The number of hydrogen-bond acceptors (Lipinski definition) is 5. The second-order valence-electron chi connectivity index (χ2n) is 8.76. The van der Waals surface area contributed by atoms with Crippen molar-refractivity contribution in [3.05, 3.63) is 52.8 Å². The predicted molar refractivity (Wildman–Crippen MR) is 119 cm³/mol. The van der Waals surface area contributed by atoms with E-state index in [0.717, 1.165) is 18.9 Å². The molecule has 0 bridgehead atoms. The lowest BCUT2D eigenvalue weighted by atomic mass is 9.95. The van der Waals surface area contributed by atoms with E-state index in [1.807, 2.05) is 13.8 Å². The minimum absolute atomic E-state index is 0.00285. The van der Waals surface area contributed by atoms with Crippen molar-refractivity contribution in [1.82, 2.24) is 0 Å². The Morgan fingerprint density at radius 2 is 1.91 bits per heavy atom. The number of ether oxygens (including phenoxy) is 1. The van der Waals surface area contributed by atoms with Crippen molar-refractivity contribution in [2.75, 3.05) is 5.32 Å². The maximum atomic E-state index is 14.4. The van der Waals surface area contributed by atoms with Crippen LogP contribution in [0.25, 0.3) is 0 Å². The highest BCUT2D eigenvalue weighted by atomic mass is 32.2. The van der Waals surface area contributed by atoms with Crippen LogP contribution in [0, 0.1) is 5.82 Å². The summed E-state index contributed by atoms with van der Waals surface area (Å²) >= 11 is 0. The van der Waals surface area contributed by atoms with E-state index in [4.69, 9.17) is 0 Å². The van der Waals surface area contributed by atoms with Crippen molar-refractivity contribution >= 4 is 22.3 Å². The van der Waals surface area contributed by atoms with Gasteiger partial charge in [0.25, 0.3) is 0 Å². The molecule has 2 amide bonds. The van der Waals surface area contributed by atoms with E-state index in [1.165, 1.54) is 38.1 Å². The van der Waals surface area contributed by atoms with Gasteiger partial charge >= 0.3 is 12.6 Å². The van der Waals surface area contributed by atoms with Gasteiger partial charge in [-0.1, -0.05) is 30.9 Å². The van der Waals surface area contributed by atoms with Gasteiger partial charge < -0.3 is 23.7 Å². The molecule has 0 radical (unpaired) electrons. The Labute approximate surface area is 192 Å². The first-order valence-electron chi connectivity index (χ1n) is 10.5. The highest BCUT2D eigenvalue weighted by Crippen LogP contribution is 2.47. The quantitative estimate of drug-likeness (QED) is 0.447. The predicted octanol–water partition coefficient (Wildman–Crippen LogP) is 6.39. The number of benzene rings is 2. The molecule has 0 unspecified atom stereocenters. The fourth-order valence-electron chi connectivity index (χ4n) is 3.42. The number of urea groups is 1. The summed E-state index contributed by atoms with van der Waals surface area (Å²) in [5.74, 6) is -0.921. The number of halogens is 3. The van der Waals surface area contributed by atoms with Gasteiger partial charge in [-0.25, -0.2) is 9.18 Å². The number of nitrogens with zero attached hydrogens (tertiary/aromatic N) is 1. The van der Waals surface area contributed by atoms with E-state index in [2.05, 4.69) is 14.4 Å². The Bertz CT molecular complexity index is 1110. The lowest BCUT2D eigenvalue weighted by Gasteiger charge is -2.20. The molecule has 1 aliphatic carbocycles. The fourth-order valence-corrected chi connectivity index (χ4v) is 4.13. The third-order valence-corrected chi connectivity index (χ3v) is 6.30. The molecule has 0 aliphatic heterocycles. The third-order valence-electron chi connectivity index (χ3n) is 5.26. The zero-order valence-corrected chi connectivity index (χ0v) is 19.5. The van der Waals surface area contributed by atoms with Gasteiger partial charge in [0, 0.05) is 5.69 Å². The first kappa shape index (κ1) is 25.0. The minimum atomic E-state index is -2.98. The summed E-state index contributed by atoms with van der Waals surface area (Å²) in [5.41, 5.74) is 0.629. The SMILES string of the molecule is CC(C)c1cc(OC(F)F)cc(C2CC2)c1NC(=O)N=[S-](=O)c1ccc(C(C)(C)O)cc1F. The molecule has 0 spiro atoms. The molecule has 180 valence electrons. The lowest BCUT2D eigenvalue weighted by molar-refractivity contribution is -0.0499. The van der Waals surface area contributed by atoms with E-state index in [1.54, 1.807) is 0 Å². The number of carbonyl (C=O) groups excluding carboxylic acids is 1. The monoisotopic (exact) mass is 483 g/mol. The Morgan fingerprint density at radius 1 is 1.24 bits per heavy atom. The number of carbonyl (C=O) groups is 1. The lowest BCUT2D eigenvalue weighted by Crippen LogP contribution is -2.16. The molecule has 2 N–H and O–H groups in total. The van der Waals surface area contributed by atoms with Crippen LogP contribution >= 0.6 is 0 Å². The molecular formula is C23H26F3N2O4S-. The topological polar surface area (TPSA) is 88.0 Å². The van der Waals surface area contributed by atoms with Crippen molar-refractivity contribution in [3.8, 4) is 5.75 Å². The Morgan fingerprint density at radius 3 is 2.42 bits per heavy atom. The van der Waals surface area contributed by atoms with Gasteiger partial charge in [-0.05, 0) is 73.4 Å². The molecule has 6 nitrogen and oxygen atoms in total. The van der Waals surface area contributed by atoms with E-state index in [0.29, 0.717) is 16.8 Å². The van der Waals surface area contributed by atoms with Crippen LogP contribution in [-0.4, -0.2) is 17.7 Å².